The molecule has 3 aromatic rings. The second-order valence-electron chi connectivity index (χ2n) is 11.4. The van der Waals surface area contributed by atoms with Crippen molar-refractivity contribution in [2.24, 2.45) is 17.8 Å². The monoisotopic (exact) mass is 546 g/mol. The normalized spacial score (nSPS) is 27.8. The molecule has 210 valence electrons. The molecule has 2 unspecified atom stereocenters. The van der Waals surface area contributed by atoms with Crippen LogP contribution >= 0.6 is 0 Å². The van der Waals surface area contributed by atoms with E-state index in [9.17, 15) is 19.5 Å². The molecule has 1 aromatic heterocycles. The van der Waals surface area contributed by atoms with E-state index >= 15 is 0 Å². The molecule has 11 nitrogen and oxygen atoms in total. The number of benzene rings is 2. The highest BCUT2D eigenvalue weighted by Crippen LogP contribution is 2.59. The number of likely N-dealkylation sites (tertiary alicyclic amines) is 1. The van der Waals surface area contributed by atoms with Crippen molar-refractivity contribution in [1.29, 1.82) is 0 Å². The summed E-state index contributed by atoms with van der Waals surface area (Å²) in [6, 6.07) is 15.0. The molecular weight excluding hydrogens is 512 g/mol. The van der Waals surface area contributed by atoms with E-state index < -0.39 is 41.5 Å². The third kappa shape index (κ3) is 4.24. The highest BCUT2D eigenvalue weighted by molar-refractivity contribution is 6.02. The van der Waals surface area contributed by atoms with Gasteiger partial charge in [0, 0.05) is 5.69 Å². The molecular formula is C29H34N6O5. The largest absolute Gasteiger partial charge is 0.394 e. The molecule has 0 radical (unpaired) electrons. The summed E-state index contributed by atoms with van der Waals surface area (Å²) in [5.74, 6) is -2.40. The number of aromatic nitrogens is 3. The molecule has 6 atom stereocenters. The Bertz CT molecular complexity index is 1430. The number of nitrogens with zero attached hydrogens (tertiary/aromatic N) is 4. The SMILES string of the molecule is CC(C)C[C@H](CO)N1C(=O)[C@@H]2[C@H](C(=O)Nc3ccccc3)[C@@H]3CCC2(O3)C1C(=O)NCn1nnc2ccccc21. The minimum absolute atomic E-state index is 0.0496. The van der Waals surface area contributed by atoms with Crippen molar-refractivity contribution in [1.82, 2.24) is 25.2 Å². The van der Waals surface area contributed by atoms with Gasteiger partial charge in [0.25, 0.3) is 0 Å². The summed E-state index contributed by atoms with van der Waals surface area (Å²) >= 11 is 0. The second kappa shape index (κ2) is 10.3. The average Bonchev–Trinajstić information content (AvgIpc) is 3.70. The summed E-state index contributed by atoms with van der Waals surface area (Å²) in [6.07, 6.45) is 1.08. The first-order valence-electron chi connectivity index (χ1n) is 13.9. The minimum atomic E-state index is -1.15. The maximum atomic E-state index is 14.2. The lowest BCUT2D eigenvalue weighted by Gasteiger charge is -2.37. The van der Waals surface area contributed by atoms with Gasteiger partial charge in [0.15, 0.2) is 0 Å². The van der Waals surface area contributed by atoms with Gasteiger partial charge in [-0.05, 0) is 49.4 Å². The van der Waals surface area contributed by atoms with Crippen LogP contribution in [0.5, 0.6) is 0 Å². The second-order valence-corrected chi connectivity index (χ2v) is 11.4. The van der Waals surface area contributed by atoms with Gasteiger partial charge in [0.1, 0.15) is 23.8 Å². The number of para-hydroxylation sites is 2. The van der Waals surface area contributed by atoms with Crippen molar-refractivity contribution in [3.8, 4) is 0 Å². The van der Waals surface area contributed by atoms with Gasteiger partial charge in [-0.1, -0.05) is 49.4 Å². The number of carbonyl (C=O) groups excluding carboxylic acids is 3. The van der Waals surface area contributed by atoms with Crippen molar-refractivity contribution in [2.75, 3.05) is 11.9 Å². The molecule has 3 fully saturated rings. The summed E-state index contributed by atoms with van der Waals surface area (Å²) in [6.45, 7) is 3.76. The van der Waals surface area contributed by atoms with Gasteiger partial charge in [0.05, 0.1) is 36.1 Å². The topological polar surface area (TPSA) is 139 Å². The average molecular weight is 547 g/mol. The van der Waals surface area contributed by atoms with Crippen molar-refractivity contribution in [2.45, 2.75) is 63.6 Å². The number of ether oxygens (including phenoxy) is 1. The molecule has 2 bridgehead atoms. The third-order valence-corrected chi connectivity index (χ3v) is 8.50. The lowest BCUT2D eigenvalue weighted by Crippen LogP contribution is -2.58. The fourth-order valence-corrected chi connectivity index (χ4v) is 6.94. The number of fused-ring (bicyclic) bond motifs is 2. The van der Waals surface area contributed by atoms with Gasteiger partial charge in [-0.2, -0.15) is 0 Å². The molecule has 1 spiro atoms. The molecule has 3 aliphatic rings. The molecule has 0 aliphatic carbocycles. The lowest BCUT2D eigenvalue weighted by molar-refractivity contribution is -0.145. The standard InChI is InChI=1S/C29H34N6O5/c1-17(2)14-19(15-36)35-25(27(38)30-16-34-21-11-7-6-10-20(21)32-33-34)29-13-12-22(40-29)23(24(29)28(35)39)26(37)31-18-8-4-3-5-9-18/h3-11,17,19,22-25,36H,12-16H2,1-2H3,(H,30,38)(H,31,37)/t19-,22+,23-,24+,25?,29?/m1/s1. The Morgan fingerprint density at radius 2 is 1.88 bits per heavy atom. The van der Waals surface area contributed by atoms with Gasteiger partial charge in [-0.25, -0.2) is 4.68 Å². The van der Waals surface area contributed by atoms with Crippen molar-refractivity contribution in [3.05, 3.63) is 54.6 Å². The Balaban J connectivity index is 1.32. The quantitative estimate of drug-likeness (QED) is 0.373. The Morgan fingerprint density at radius 3 is 2.62 bits per heavy atom. The summed E-state index contributed by atoms with van der Waals surface area (Å²) < 4.78 is 8.08. The number of nitrogens with one attached hydrogen (secondary N) is 2. The number of carbonyl (C=O) groups is 3. The zero-order valence-corrected chi connectivity index (χ0v) is 22.6. The predicted octanol–water partition coefficient (Wildman–Crippen LogP) is 1.93. The highest BCUT2D eigenvalue weighted by atomic mass is 16.5. The van der Waals surface area contributed by atoms with E-state index in [1.54, 1.807) is 16.8 Å². The van der Waals surface area contributed by atoms with Gasteiger partial charge in [-0.3, -0.25) is 14.4 Å². The van der Waals surface area contributed by atoms with E-state index in [-0.39, 0.29) is 31.0 Å². The van der Waals surface area contributed by atoms with Gasteiger partial charge < -0.3 is 25.4 Å². The summed E-state index contributed by atoms with van der Waals surface area (Å²) in [4.78, 5) is 43.3. The Labute approximate surface area is 231 Å². The molecule has 0 saturated carbocycles. The molecule has 40 heavy (non-hydrogen) atoms. The van der Waals surface area contributed by atoms with Crippen LogP contribution in [0.4, 0.5) is 5.69 Å². The number of rotatable bonds is 9. The van der Waals surface area contributed by atoms with Crippen LogP contribution in [-0.4, -0.2) is 73.1 Å². The molecule has 2 aromatic carbocycles. The van der Waals surface area contributed by atoms with E-state index in [1.807, 2.05) is 56.3 Å². The fraction of sp³-hybridized carbons (Fsp3) is 0.483. The molecule has 3 saturated heterocycles. The summed E-state index contributed by atoms with van der Waals surface area (Å²) in [5, 5.41) is 24.6. The molecule has 3 N–H and O–H groups in total. The number of aliphatic hydroxyl groups is 1. The maximum absolute atomic E-state index is 14.2. The first-order valence-corrected chi connectivity index (χ1v) is 13.9. The van der Waals surface area contributed by atoms with Crippen LogP contribution in [0.3, 0.4) is 0 Å². The van der Waals surface area contributed by atoms with Crippen LogP contribution in [0, 0.1) is 17.8 Å². The zero-order chi connectivity index (χ0) is 28.0. The van der Waals surface area contributed by atoms with E-state index in [0.717, 1.165) is 5.52 Å². The first-order chi connectivity index (χ1) is 19.3. The maximum Gasteiger partial charge on any atom is 0.247 e. The Morgan fingerprint density at radius 1 is 1.12 bits per heavy atom. The molecule has 3 aliphatic heterocycles. The number of aliphatic hydroxyl groups excluding tert-OH is 1. The van der Waals surface area contributed by atoms with Crippen LogP contribution in [0.1, 0.15) is 33.1 Å². The van der Waals surface area contributed by atoms with Gasteiger partial charge in [-0.15, -0.1) is 5.10 Å². The molecule has 4 heterocycles. The summed E-state index contributed by atoms with van der Waals surface area (Å²) in [7, 11) is 0. The number of anilines is 1. The number of hydrogen-bond acceptors (Lipinski definition) is 7. The van der Waals surface area contributed by atoms with Crippen LogP contribution in [-0.2, 0) is 25.8 Å². The van der Waals surface area contributed by atoms with E-state index in [2.05, 4.69) is 20.9 Å². The molecule has 11 heteroatoms. The van der Waals surface area contributed by atoms with Crippen LogP contribution in [0.15, 0.2) is 54.6 Å². The van der Waals surface area contributed by atoms with E-state index in [0.29, 0.717) is 30.5 Å². The summed E-state index contributed by atoms with van der Waals surface area (Å²) in [5.41, 5.74) is 0.950. The van der Waals surface area contributed by atoms with E-state index in [1.165, 1.54) is 4.90 Å². The van der Waals surface area contributed by atoms with Crippen LogP contribution in [0.2, 0.25) is 0 Å². The predicted molar refractivity (Wildman–Crippen MR) is 146 cm³/mol. The molecule has 6 rings (SSSR count). The zero-order valence-electron chi connectivity index (χ0n) is 22.6. The Kier molecular flexibility index (Phi) is 6.79. The fourth-order valence-electron chi connectivity index (χ4n) is 6.94. The number of amides is 3. The van der Waals surface area contributed by atoms with E-state index in [4.69, 9.17) is 4.74 Å². The Hall–Kier alpha value is -3.83. The highest BCUT2D eigenvalue weighted by Gasteiger charge is 2.75. The smallest absolute Gasteiger partial charge is 0.247 e. The van der Waals surface area contributed by atoms with Crippen LogP contribution in [0.25, 0.3) is 11.0 Å². The van der Waals surface area contributed by atoms with Gasteiger partial charge in [0.2, 0.25) is 17.7 Å². The minimum Gasteiger partial charge on any atom is -0.394 e. The lowest BCUT2D eigenvalue weighted by atomic mass is 9.70. The van der Waals surface area contributed by atoms with Crippen LogP contribution < -0.4 is 10.6 Å². The van der Waals surface area contributed by atoms with Gasteiger partial charge >= 0.3 is 0 Å². The third-order valence-electron chi connectivity index (χ3n) is 8.50. The van der Waals surface area contributed by atoms with Crippen molar-refractivity contribution < 1.29 is 24.2 Å². The first kappa shape index (κ1) is 26.4. The number of hydrogen-bond donors (Lipinski definition) is 3. The molecule has 3 amide bonds. The van der Waals surface area contributed by atoms with Crippen molar-refractivity contribution >= 4 is 34.4 Å². The van der Waals surface area contributed by atoms with Crippen molar-refractivity contribution in [3.63, 3.8) is 0 Å².